The number of anilines is 1. The van der Waals surface area contributed by atoms with Crippen LogP contribution in [-0.2, 0) is 11.2 Å². The average molecular weight is 495 g/mol. The van der Waals surface area contributed by atoms with E-state index in [1.165, 1.54) is 0 Å². The number of pyridine rings is 1. The van der Waals surface area contributed by atoms with E-state index in [1.807, 2.05) is 49.3 Å². The smallest absolute Gasteiger partial charge is 0.412 e. The molecule has 1 atom stereocenters. The second-order valence-electron chi connectivity index (χ2n) is 8.43. The first-order chi connectivity index (χ1) is 16.4. The van der Waals surface area contributed by atoms with Crippen LogP contribution in [0.15, 0.2) is 48.7 Å². The zero-order chi connectivity index (χ0) is 24.2. The van der Waals surface area contributed by atoms with Crippen molar-refractivity contribution in [1.82, 2.24) is 9.88 Å². The lowest BCUT2D eigenvalue weighted by molar-refractivity contribution is 0.156. The summed E-state index contributed by atoms with van der Waals surface area (Å²) in [6, 6.07) is 15.9. The number of nitriles is 1. The van der Waals surface area contributed by atoms with Crippen molar-refractivity contribution in [2.75, 3.05) is 32.6 Å². The van der Waals surface area contributed by atoms with Crippen LogP contribution in [0.3, 0.4) is 0 Å². The normalized spacial score (nSPS) is 14.2. The molecule has 6 nitrogen and oxygen atoms in total. The average Bonchev–Trinajstić information content (AvgIpc) is 2.83. The molecular formula is C26H24Cl2N4O2. The van der Waals surface area contributed by atoms with Crippen molar-refractivity contribution < 1.29 is 9.53 Å². The molecule has 0 bridgehead atoms. The van der Waals surface area contributed by atoms with Gasteiger partial charge in [0, 0.05) is 24.2 Å². The van der Waals surface area contributed by atoms with Crippen LogP contribution in [0, 0.1) is 11.3 Å². The lowest BCUT2D eigenvalue weighted by Gasteiger charge is -2.29. The summed E-state index contributed by atoms with van der Waals surface area (Å²) in [5.41, 5.74) is 5.08. The summed E-state index contributed by atoms with van der Waals surface area (Å²) in [6.07, 6.45) is 2.45. The zero-order valence-electron chi connectivity index (χ0n) is 18.9. The largest absolute Gasteiger partial charge is 0.449 e. The van der Waals surface area contributed by atoms with Crippen LogP contribution in [0.1, 0.15) is 34.6 Å². The maximum Gasteiger partial charge on any atom is 0.412 e. The monoisotopic (exact) mass is 494 g/mol. The van der Waals surface area contributed by atoms with Gasteiger partial charge in [-0.1, -0.05) is 53.5 Å². The van der Waals surface area contributed by atoms with Gasteiger partial charge in [0.1, 0.15) is 11.6 Å². The molecule has 1 unspecified atom stereocenters. The molecule has 0 saturated heterocycles. The number of carbonyl (C=O) groups excluding carboxylic acids is 1. The highest BCUT2D eigenvalue weighted by Gasteiger charge is 2.30. The molecule has 0 saturated carbocycles. The third-order valence-corrected chi connectivity index (χ3v) is 6.59. The van der Waals surface area contributed by atoms with Gasteiger partial charge in [0.25, 0.3) is 0 Å². The van der Waals surface area contributed by atoms with Crippen molar-refractivity contribution in [2.45, 2.75) is 18.8 Å². The first kappa shape index (κ1) is 24.0. The molecular weight excluding hydrogens is 471 g/mol. The van der Waals surface area contributed by atoms with Gasteiger partial charge in [-0.25, -0.2) is 9.78 Å². The molecule has 34 heavy (non-hydrogen) atoms. The molecule has 2 aromatic carbocycles. The Morgan fingerprint density at radius 1 is 1.24 bits per heavy atom. The summed E-state index contributed by atoms with van der Waals surface area (Å²) >= 11 is 12.4. The predicted molar refractivity (Wildman–Crippen MR) is 135 cm³/mol. The van der Waals surface area contributed by atoms with Crippen molar-refractivity contribution in [2.24, 2.45) is 0 Å². The number of fused-ring (bicyclic) bond motifs is 3. The van der Waals surface area contributed by atoms with Gasteiger partial charge in [-0.2, -0.15) is 5.26 Å². The van der Waals surface area contributed by atoms with Crippen LogP contribution in [0.25, 0.3) is 11.1 Å². The number of hydrogen-bond donors (Lipinski definition) is 1. The van der Waals surface area contributed by atoms with Crippen molar-refractivity contribution in [3.05, 3.63) is 81.0 Å². The number of nitrogens with one attached hydrogen (secondary N) is 1. The number of nitrogens with zero attached hydrogens (tertiary/aromatic N) is 3. The van der Waals surface area contributed by atoms with E-state index in [1.54, 1.807) is 12.3 Å². The summed E-state index contributed by atoms with van der Waals surface area (Å²) in [7, 11) is 3.92. The molecule has 0 fully saturated rings. The van der Waals surface area contributed by atoms with E-state index in [0.29, 0.717) is 28.5 Å². The Labute approximate surface area is 209 Å². The zero-order valence-corrected chi connectivity index (χ0v) is 20.5. The summed E-state index contributed by atoms with van der Waals surface area (Å²) in [5.74, 6) is 0.230. The molecule has 174 valence electrons. The topological polar surface area (TPSA) is 78.2 Å². The third-order valence-electron chi connectivity index (χ3n) is 5.85. The number of benzene rings is 2. The minimum absolute atomic E-state index is 0.0345. The van der Waals surface area contributed by atoms with Crippen LogP contribution >= 0.6 is 23.2 Å². The van der Waals surface area contributed by atoms with Crippen LogP contribution < -0.4 is 5.32 Å². The number of carbonyl (C=O) groups is 1. The van der Waals surface area contributed by atoms with Gasteiger partial charge in [0.05, 0.1) is 16.7 Å². The highest BCUT2D eigenvalue weighted by atomic mass is 35.5. The molecule has 0 radical (unpaired) electrons. The Kier molecular flexibility index (Phi) is 7.38. The molecule has 8 heteroatoms. The van der Waals surface area contributed by atoms with Crippen molar-refractivity contribution in [1.29, 1.82) is 5.26 Å². The molecule has 0 spiro atoms. The molecule has 1 aliphatic carbocycles. The number of amides is 1. The minimum Gasteiger partial charge on any atom is -0.449 e. The third kappa shape index (κ3) is 5.02. The molecule has 1 amide bonds. The Morgan fingerprint density at radius 2 is 2.03 bits per heavy atom. The summed E-state index contributed by atoms with van der Waals surface area (Å²) in [6.45, 7) is 1.09. The number of hydrogen-bond acceptors (Lipinski definition) is 5. The Hall–Kier alpha value is -3.11. The second-order valence-corrected chi connectivity index (χ2v) is 9.24. The molecule has 1 aliphatic rings. The highest BCUT2D eigenvalue weighted by Crippen LogP contribution is 2.45. The Bertz CT molecular complexity index is 1270. The molecule has 0 aliphatic heterocycles. The fraction of sp³-hybridized carbons (Fsp3) is 0.269. The maximum absolute atomic E-state index is 12.3. The van der Waals surface area contributed by atoms with Gasteiger partial charge in [-0.3, -0.25) is 5.32 Å². The van der Waals surface area contributed by atoms with Crippen LogP contribution in [-0.4, -0.2) is 43.2 Å². The number of aromatic nitrogens is 1. The SMILES string of the molecule is CN(C)CCCOC(=O)Nc1ncc2c(c1C#N)-c1ccccc1C(c1ccc(Cl)c(Cl)c1)C2. The van der Waals surface area contributed by atoms with E-state index < -0.39 is 6.09 Å². The van der Waals surface area contributed by atoms with Crippen LogP contribution in [0.2, 0.25) is 10.0 Å². The van der Waals surface area contributed by atoms with Gasteiger partial charge in [0.15, 0.2) is 5.82 Å². The number of halogens is 2. The predicted octanol–water partition coefficient (Wildman–Crippen LogP) is 6.12. The second kappa shape index (κ2) is 10.4. The van der Waals surface area contributed by atoms with Gasteiger partial charge in [0.2, 0.25) is 0 Å². The van der Waals surface area contributed by atoms with E-state index in [4.69, 9.17) is 27.9 Å². The van der Waals surface area contributed by atoms with E-state index in [-0.39, 0.29) is 18.3 Å². The first-order valence-corrected chi connectivity index (χ1v) is 11.7. The molecule has 1 N–H and O–H groups in total. The van der Waals surface area contributed by atoms with Crippen LogP contribution in [0.4, 0.5) is 10.6 Å². The highest BCUT2D eigenvalue weighted by molar-refractivity contribution is 6.42. The van der Waals surface area contributed by atoms with Gasteiger partial charge >= 0.3 is 6.09 Å². The molecule has 1 heterocycles. The summed E-state index contributed by atoms with van der Waals surface area (Å²) in [4.78, 5) is 18.7. The van der Waals surface area contributed by atoms with Crippen molar-refractivity contribution in [3.8, 4) is 17.2 Å². The van der Waals surface area contributed by atoms with Crippen molar-refractivity contribution in [3.63, 3.8) is 0 Å². The first-order valence-electron chi connectivity index (χ1n) is 10.9. The van der Waals surface area contributed by atoms with E-state index >= 15 is 0 Å². The standard InChI is InChI=1S/C26H24Cl2N4O2/c1-32(2)10-5-11-34-26(33)31-25-21(14-29)24-17(15-30-25)12-20(18-6-3-4-7-19(18)24)16-8-9-22(27)23(28)13-16/h3-4,6-9,13,15,20H,5,10-12H2,1-2H3,(H,30,31,33). The lowest BCUT2D eigenvalue weighted by Crippen LogP contribution is -2.20. The molecule has 1 aromatic heterocycles. The maximum atomic E-state index is 12.3. The quantitative estimate of drug-likeness (QED) is 0.417. The van der Waals surface area contributed by atoms with Gasteiger partial charge in [-0.05, 0) is 61.3 Å². The van der Waals surface area contributed by atoms with E-state index in [9.17, 15) is 10.1 Å². The van der Waals surface area contributed by atoms with Gasteiger partial charge < -0.3 is 9.64 Å². The number of rotatable bonds is 6. The minimum atomic E-state index is -0.625. The summed E-state index contributed by atoms with van der Waals surface area (Å²) < 4.78 is 5.26. The molecule has 4 rings (SSSR count). The summed E-state index contributed by atoms with van der Waals surface area (Å²) in [5, 5.41) is 13.7. The number of ether oxygens (including phenoxy) is 1. The van der Waals surface area contributed by atoms with Gasteiger partial charge in [-0.15, -0.1) is 0 Å². The van der Waals surface area contributed by atoms with Crippen LogP contribution in [0.5, 0.6) is 0 Å². The van der Waals surface area contributed by atoms with E-state index in [2.05, 4.69) is 22.4 Å². The molecule has 3 aromatic rings. The fourth-order valence-electron chi connectivity index (χ4n) is 4.28. The van der Waals surface area contributed by atoms with E-state index in [0.717, 1.165) is 34.4 Å². The van der Waals surface area contributed by atoms with Crippen molar-refractivity contribution >= 4 is 35.1 Å². The Balaban J connectivity index is 1.66. The fourth-order valence-corrected chi connectivity index (χ4v) is 4.59. The Morgan fingerprint density at radius 3 is 2.76 bits per heavy atom. The lowest BCUT2D eigenvalue weighted by atomic mass is 9.75.